The van der Waals surface area contributed by atoms with Gasteiger partial charge in [0.2, 0.25) is 0 Å². The number of rotatable bonds is 3. The van der Waals surface area contributed by atoms with Gasteiger partial charge in [0, 0.05) is 16.6 Å². The van der Waals surface area contributed by atoms with Crippen LogP contribution in [-0.4, -0.2) is 0 Å². The lowest BCUT2D eigenvalue weighted by molar-refractivity contribution is 0.465. The molecule has 0 fully saturated rings. The number of hydrogen-bond acceptors (Lipinski definition) is 1. The van der Waals surface area contributed by atoms with E-state index in [2.05, 4.69) is 76.7 Å². The summed E-state index contributed by atoms with van der Waals surface area (Å²) >= 11 is 3.48. The summed E-state index contributed by atoms with van der Waals surface area (Å²) in [6.07, 6.45) is 2.40. The van der Waals surface area contributed by atoms with Gasteiger partial charge < -0.3 is 5.32 Å². The van der Waals surface area contributed by atoms with Crippen molar-refractivity contribution in [3.63, 3.8) is 0 Å². The molecule has 0 saturated heterocycles. The van der Waals surface area contributed by atoms with E-state index in [0.29, 0.717) is 12.1 Å². The normalized spacial score (nSPS) is 19.2. The zero-order valence-electron chi connectivity index (χ0n) is 11.1. The van der Waals surface area contributed by atoms with E-state index in [1.807, 2.05) is 0 Å². The van der Waals surface area contributed by atoms with Crippen LogP contribution in [-0.2, 0) is 6.42 Å². The predicted octanol–water partition coefficient (Wildman–Crippen LogP) is 4.79. The second kappa shape index (κ2) is 5.48. The first-order valence-electron chi connectivity index (χ1n) is 6.83. The van der Waals surface area contributed by atoms with Crippen LogP contribution in [0.3, 0.4) is 0 Å². The SMILES string of the molecule is C[C@H](NC1CCc2ccccc21)c1ccc(Br)cc1. The van der Waals surface area contributed by atoms with Crippen LogP contribution in [0.4, 0.5) is 0 Å². The number of nitrogens with one attached hydrogen (secondary N) is 1. The Bertz CT molecular complexity index is 562. The molecule has 0 aromatic heterocycles. The average Bonchev–Trinajstić information content (AvgIpc) is 2.83. The molecule has 0 radical (unpaired) electrons. The molecule has 1 aliphatic carbocycles. The first kappa shape index (κ1) is 12.9. The Morgan fingerprint density at radius 2 is 1.84 bits per heavy atom. The van der Waals surface area contributed by atoms with E-state index < -0.39 is 0 Å². The summed E-state index contributed by atoms with van der Waals surface area (Å²) < 4.78 is 1.13. The molecule has 1 nitrogen and oxygen atoms in total. The molecular weight excluding hydrogens is 298 g/mol. The molecule has 1 N–H and O–H groups in total. The Morgan fingerprint density at radius 1 is 1.11 bits per heavy atom. The number of halogens is 1. The van der Waals surface area contributed by atoms with Crippen LogP contribution < -0.4 is 5.32 Å². The Hall–Kier alpha value is -1.12. The van der Waals surface area contributed by atoms with Crippen LogP contribution in [0, 0.1) is 0 Å². The van der Waals surface area contributed by atoms with Crippen LogP contribution in [0.25, 0.3) is 0 Å². The third-order valence-electron chi connectivity index (χ3n) is 3.95. The molecule has 0 amide bonds. The summed E-state index contributed by atoms with van der Waals surface area (Å²) in [6, 6.07) is 18.2. The smallest absolute Gasteiger partial charge is 0.0331 e. The summed E-state index contributed by atoms with van der Waals surface area (Å²) in [5, 5.41) is 3.76. The van der Waals surface area contributed by atoms with E-state index in [4.69, 9.17) is 0 Å². The maximum atomic E-state index is 3.76. The molecular formula is C17H18BrN. The summed E-state index contributed by atoms with van der Waals surface area (Å²) in [6.45, 7) is 2.24. The minimum Gasteiger partial charge on any atom is -0.303 e. The van der Waals surface area contributed by atoms with Crippen LogP contribution in [0.2, 0.25) is 0 Å². The molecule has 0 aliphatic heterocycles. The highest BCUT2D eigenvalue weighted by Gasteiger charge is 2.23. The highest BCUT2D eigenvalue weighted by molar-refractivity contribution is 9.10. The number of fused-ring (bicyclic) bond motifs is 1. The molecule has 2 heteroatoms. The van der Waals surface area contributed by atoms with E-state index in [0.717, 1.165) is 4.47 Å². The second-order valence-corrected chi connectivity index (χ2v) is 6.15. The topological polar surface area (TPSA) is 12.0 Å². The number of hydrogen-bond donors (Lipinski definition) is 1. The standard InChI is InChI=1S/C17H18BrN/c1-12(13-6-9-15(18)10-7-13)19-17-11-8-14-4-2-3-5-16(14)17/h2-7,9-10,12,17,19H,8,11H2,1H3/t12-,17?/m0/s1. The van der Waals surface area contributed by atoms with Crippen molar-refractivity contribution in [2.75, 3.05) is 0 Å². The van der Waals surface area contributed by atoms with Crippen LogP contribution in [0.15, 0.2) is 53.0 Å². The zero-order valence-corrected chi connectivity index (χ0v) is 12.7. The molecule has 2 aromatic rings. The van der Waals surface area contributed by atoms with Crippen molar-refractivity contribution < 1.29 is 0 Å². The van der Waals surface area contributed by atoms with Crippen molar-refractivity contribution in [2.24, 2.45) is 0 Å². The molecule has 2 atom stereocenters. The Morgan fingerprint density at radius 3 is 2.63 bits per heavy atom. The lowest BCUT2D eigenvalue weighted by Crippen LogP contribution is -2.22. The van der Waals surface area contributed by atoms with E-state index in [1.165, 1.54) is 29.5 Å². The lowest BCUT2D eigenvalue weighted by Gasteiger charge is -2.21. The molecule has 0 bridgehead atoms. The molecule has 0 spiro atoms. The van der Waals surface area contributed by atoms with Crippen molar-refractivity contribution in [3.8, 4) is 0 Å². The van der Waals surface area contributed by atoms with Gasteiger partial charge in [-0.25, -0.2) is 0 Å². The Kier molecular flexibility index (Phi) is 3.72. The maximum absolute atomic E-state index is 3.76. The van der Waals surface area contributed by atoms with Crippen molar-refractivity contribution in [2.45, 2.75) is 31.8 Å². The summed E-state index contributed by atoms with van der Waals surface area (Å²) in [5.41, 5.74) is 4.32. The molecule has 1 unspecified atom stereocenters. The first-order valence-corrected chi connectivity index (χ1v) is 7.62. The van der Waals surface area contributed by atoms with Gasteiger partial charge in [-0.05, 0) is 48.6 Å². The lowest BCUT2D eigenvalue weighted by atomic mass is 10.0. The fourth-order valence-corrected chi connectivity index (χ4v) is 3.14. The average molecular weight is 316 g/mol. The van der Waals surface area contributed by atoms with Gasteiger partial charge in [-0.15, -0.1) is 0 Å². The van der Waals surface area contributed by atoms with Crippen molar-refractivity contribution in [3.05, 3.63) is 69.7 Å². The zero-order chi connectivity index (χ0) is 13.2. The first-order chi connectivity index (χ1) is 9.24. The fourth-order valence-electron chi connectivity index (χ4n) is 2.88. The van der Waals surface area contributed by atoms with Crippen LogP contribution in [0.5, 0.6) is 0 Å². The monoisotopic (exact) mass is 315 g/mol. The highest BCUT2D eigenvalue weighted by atomic mass is 79.9. The van der Waals surface area contributed by atoms with Gasteiger partial charge in [-0.2, -0.15) is 0 Å². The third-order valence-corrected chi connectivity index (χ3v) is 4.48. The largest absolute Gasteiger partial charge is 0.303 e. The number of aryl methyl sites for hydroxylation is 1. The van der Waals surface area contributed by atoms with E-state index in [1.54, 1.807) is 0 Å². The van der Waals surface area contributed by atoms with E-state index in [9.17, 15) is 0 Å². The minimum absolute atomic E-state index is 0.379. The van der Waals surface area contributed by atoms with Gasteiger partial charge in [-0.3, -0.25) is 0 Å². The van der Waals surface area contributed by atoms with Crippen LogP contribution >= 0.6 is 15.9 Å². The molecule has 2 aromatic carbocycles. The minimum atomic E-state index is 0.379. The van der Waals surface area contributed by atoms with E-state index >= 15 is 0 Å². The number of benzene rings is 2. The van der Waals surface area contributed by atoms with Crippen LogP contribution in [0.1, 0.15) is 42.1 Å². The molecule has 0 saturated carbocycles. The van der Waals surface area contributed by atoms with E-state index in [-0.39, 0.29) is 0 Å². The third kappa shape index (κ3) is 2.75. The Balaban J connectivity index is 1.74. The molecule has 1 aliphatic rings. The van der Waals surface area contributed by atoms with Crippen molar-refractivity contribution >= 4 is 15.9 Å². The van der Waals surface area contributed by atoms with Gasteiger partial charge in [-0.1, -0.05) is 52.3 Å². The highest BCUT2D eigenvalue weighted by Crippen LogP contribution is 2.32. The van der Waals surface area contributed by atoms with Crippen molar-refractivity contribution in [1.29, 1.82) is 0 Å². The fraction of sp³-hybridized carbons (Fsp3) is 0.294. The van der Waals surface area contributed by atoms with Crippen molar-refractivity contribution in [1.82, 2.24) is 5.32 Å². The summed E-state index contributed by atoms with van der Waals surface area (Å²) in [5.74, 6) is 0. The van der Waals surface area contributed by atoms with Gasteiger partial charge in [0.1, 0.15) is 0 Å². The molecule has 3 rings (SSSR count). The van der Waals surface area contributed by atoms with Gasteiger partial charge in [0.15, 0.2) is 0 Å². The molecule has 98 valence electrons. The quantitative estimate of drug-likeness (QED) is 0.859. The van der Waals surface area contributed by atoms with Gasteiger partial charge >= 0.3 is 0 Å². The van der Waals surface area contributed by atoms with Gasteiger partial charge in [0.05, 0.1) is 0 Å². The molecule has 0 heterocycles. The Labute approximate surface area is 123 Å². The second-order valence-electron chi connectivity index (χ2n) is 5.23. The maximum Gasteiger partial charge on any atom is 0.0331 e. The summed E-state index contributed by atoms with van der Waals surface area (Å²) in [4.78, 5) is 0. The molecule has 19 heavy (non-hydrogen) atoms. The van der Waals surface area contributed by atoms with Gasteiger partial charge in [0.25, 0.3) is 0 Å². The predicted molar refractivity (Wildman–Crippen MR) is 83.2 cm³/mol. The summed E-state index contributed by atoms with van der Waals surface area (Å²) in [7, 11) is 0.